The van der Waals surface area contributed by atoms with Gasteiger partial charge in [-0.2, -0.15) is 0 Å². The summed E-state index contributed by atoms with van der Waals surface area (Å²) in [4.78, 5) is 2.08. The highest BCUT2D eigenvalue weighted by Gasteiger charge is 1.97. The first-order valence-electron chi connectivity index (χ1n) is 5.25. The molecule has 0 heterocycles. The average Bonchev–Trinajstić information content (AvgIpc) is 2.25. The third kappa shape index (κ3) is 4.42. The topological polar surface area (TPSA) is 62.3 Å². The second-order valence-electron chi connectivity index (χ2n) is 3.97. The predicted molar refractivity (Wildman–Crippen MR) is 65.7 cm³/mol. The van der Waals surface area contributed by atoms with Crippen LogP contribution in [0.25, 0.3) is 0 Å². The smallest absolute Gasteiger partial charge is 0.122 e. The number of benzene rings is 1. The maximum absolute atomic E-state index is 7.26. The fourth-order valence-corrected chi connectivity index (χ4v) is 1.22. The third-order valence-corrected chi connectivity index (χ3v) is 2.22. The van der Waals surface area contributed by atoms with E-state index in [4.69, 9.17) is 15.9 Å². The van der Waals surface area contributed by atoms with E-state index in [-0.39, 0.29) is 5.84 Å². The van der Waals surface area contributed by atoms with Gasteiger partial charge in [-0.05, 0) is 19.7 Å². The van der Waals surface area contributed by atoms with Crippen molar-refractivity contribution in [2.24, 2.45) is 5.73 Å². The van der Waals surface area contributed by atoms with Gasteiger partial charge in [-0.15, -0.1) is 0 Å². The maximum atomic E-state index is 7.26. The molecule has 0 aliphatic heterocycles. The lowest BCUT2D eigenvalue weighted by molar-refractivity contribution is 0.105. The number of nitrogens with zero attached hydrogens (tertiary/aromatic N) is 1. The summed E-state index contributed by atoms with van der Waals surface area (Å²) in [5, 5.41) is 7.26. The molecular weight excluding hydrogens is 202 g/mol. The van der Waals surface area contributed by atoms with Crippen LogP contribution in [0.1, 0.15) is 11.1 Å². The van der Waals surface area contributed by atoms with Gasteiger partial charge in [0.15, 0.2) is 0 Å². The predicted octanol–water partition coefficient (Wildman–Crippen LogP) is 1.05. The highest BCUT2D eigenvalue weighted by molar-refractivity contribution is 5.94. The van der Waals surface area contributed by atoms with E-state index in [2.05, 4.69) is 4.90 Å². The second kappa shape index (κ2) is 6.25. The summed E-state index contributed by atoms with van der Waals surface area (Å²) in [6.45, 7) is 2.25. The lowest BCUT2D eigenvalue weighted by Gasteiger charge is -2.10. The lowest BCUT2D eigenvalue weighted by atomic mass is 10.1. The zero-order valence-corrected chi connectivity index (χ0v) is 9.86. The molecular formula is C12H19N3O. The van der Waals surface area contributed by atoms with E-state index in [9.17, 15) is 0 Å². The molecule has 0 aliphatic carbocycles. The van der Waals surface area contributed by atoms with Gasteiger partial charge in [0.25, 0.3) is 0 Å². The number of rotatable bonds is 6. The molecule has 4 nitrogen and oxygen atoms in total. The van der Waals surface area contributed by atoms with Crippen LogP contribution < -0.4 is 5.73 Å². The first-order chi connectivity index (χ1) is 7.59. The van der Waals surface area contributed by atoms with Crippen LogP contribution in [0, 0.1) is 5.41 Å². The van der Waals surface area contributed by atoms with Crippen LogP contribution >= 0.6 is 0 Å². The van der Waals surface area contributed by atoms with E-state index in [1.165, 1.54) is 0 Å². The summed E-state index contributed by atoms with van der Waals surface area (Å²) in [5.74, 6) is 0.0973. The van der Waals surface area contributed by atoms with E-state index in [1.54, 1.807) is 0 Å². The third-order valence-electron chi connectivity index (χ3n) is 2.22. The zero-order valence-electron chi connectivity index (χ0n) is 9.86. The van der Waals surface area contributed by atoms with Crippen LogP contribution in [0.5, 0.6) is 0 Å². The van der Waals surface area contributed by atoms with Crippen molar-refractivity contribution in [3.05, 3.63) is 35.4 Å². The Morgan fingerprint density at radius 3 is 2.44 bits per heavy atom. The van der Waals surface area contributed by atoms with Crippen molar-refractivity contribution in [2.75, 3.05) is 27.2 Å². The van der Waals surface area contributed by atoms with Crippen molar-refractivity contribution in [3.63, 3.8) is 0 Å². The minimum absolute atomic E-state index is 0.0973. The van der Waals surface area contributed by atoms with Crippen molar-refractivity contribution in [2.45, 2.75) is 6.61 Å². The Kier molecular flexibility index (Phi) is 4.95. The Hall–Kier alpha value is -1.39. The summed E-state index contributed by atoms with van der Waals surface area (Å²) in [5.41, 5.74) is 7.21. The Balaban J connectivity index is 2.35. The average molecular weight is 221 g/mol. The molecule has 0 radical (unpaired) electrons. The molecule has 0 aromatic heterocycles. The molecule has 0 aliphatic rings. The lowest BCUT2D eigenvalue weighted by Crippen LogP contribution is -2.17. The number of hydrogen-bond acceptors (Lipinski definition) is 3. The Bertz CT molecular complexity index is 333. The molecule has 0 spiro atoms. The standard InChI is InChI=1S/C12H19N3O/c1-15(2)7-8-16-9-10-3-5-11(6-4-10)12(13)14/h3-6H,7-9H2,1-2H3,(H3,13,14). The van der Waals surface area contributed by atoms with Gasteiger partial charge in [0, 0.05) is 12.1 Å². The van der Waals surface area contributed by atoms with Crippen molar-refractivity contribution in [1.82, 2.24) is 4.90 Å². The molecule has 0 saturated carbocycles. The normalized spacial score (nSPS) is 10.7. The maximum Gasteiger partial charge on any atom is 0.122 e. The van der Waals surface area contributed by atoms with Crippen molar-refractivity contribution in [3.8, 4) is 0 Å². The van der Waals surface area contributed by atoms with Gasteiger partial charge in [-0.1, -0.05) is 24.3 Å². The van der Waals surface area contributed by atoms with E-state index in [1.807, 2.05) is 38.4 Å². The van der Waals surface area contributed by atoms with E-state index >= 15 is 0 Å². The molecule has 0 amide bonds. The van der Waals surface area contributed by atoms with Crippen molar-refractivity contribution < 1.29 is 4.74 Å². The van der Waals surface area contributed by atoms with Crippen molar-refractivity contribution in [1.29, 1.82) is 5.41 Å². The molecule has 88 valence electrons. The molecule has 0 fully saturated rings. The number of likely N-dealkylation sites (N-methyl/N-ethyl adjacent to an activating group) is 1. The molecule has 0 saturated heterocycles. The van der Waals surface area contributed by atoms with E-state index < -0.39 is 0 Å². The van der Waals surface area contributed by atoms with Gasteiger partial charge in [-0.3, -0.25) is 5.41 Å². The summed E-state index contributed by atoms with van der Waals surface area (Å²) in [6.07, 6.45) is 0. The number of nitrogens with one attached hydrogen (secondary N) is 1. The Morgan fingerprint density at radius 1 is 1.31 bits per heavy atom. The number of nitrogen functional groups attached to an aromatic ring is 1. The minimum atomic E-state index is 0.0973. The first-order valence-corrected chi connectivity index (χ1v) is 5.25. The second-order valence-corrected chi connectivity index (χ2v) is 3.97. The molecule has 3 N–H and O–H groups in total. The van der Waals surface area contributed by atoms with Crippen LogP contribution in [0.4, 0.5) is 0 Å². The molecule has 4 heteroatoms. The quantitative estimate of drug-likeness (QED) is 0.429. The summed E-state index contributed by atoms with van der Waals surface area (Å²) < 4.78 is 5.50. The highest BCUT2D eigenvalue weighted by atomic mass is 16.5. The van der Waals surface area contributed by atoms with Gasteiger partial charge >= 0.3 is 0 Å². The van der Waals surface area contributed by atoms with Crippen LogP contribution in [0.3, 0.4) is 0 Å². The molecule has 1 aromatic carbocycles. The SMILES string of the molecule is CN(C)CCOCc1ccc(C(=N)N)cc1. The number of ether oxygens (including phenoxy) is 1. The van der Waals surface area contributed by atoms with Crippen LogP contribution in [-0.4, -0.2) is 38.0 Å². The molecule has 0 atom stereocenters. The summed E-state index contributed by atoms with van der Waals surface area (Å²) in [6, 6.07) is 7.55. The summed E-state index contributed by atoms with van der Waals surface area (Å²) >= 11 is 0. The van der Waals surface area contributed by atoms with Gasteiger partial charge in [0.1, 0.15) is 5.84 Å². The monoisotopic (exact) mass is 221 g/mol. The summed E-state index contributed by atoms with van der Waals surface area (Å²) in [7, 11) is 4.04. The molecule has 16 heavy (non-hydrogen) atoms. The van der Waals surface area contributed by atoms with Gasteiger partial charge in [0.2, 0.25) is 0 Å². The van der Waals surface area contributed by atoms with E-state index in [0.29, 0.717) is 6.61 Å². The molecule has 0 bridgehead atoms. The minimum Gasteiger partial charge on any atom is -0.384 e. The molecule has 1 aromatic rings. The number of hydrogen-bond donors (Lipinski definition) is 2. The molecule has 0 unspecified atom stereocenters. The Labute approximate surface area is 96.5 Å². The van der Waals surface area contributed by atoms with Crippen LogP contribution in [0.15, 0.2) is 24.3 Å². The molecule has 1 rings (SSSR count). The fourth-order valence-electron chi connectivity index (χ4n) is 1.22. The zero-order chi connectivity index (χ0) is 12.0. The van der Waals surface area contributed by atoms with Crippen molar-refractivity contribution >= 4 is 5.84 Å². The van der Waals surface area contributed by atoms with Crippen LogP contribution in [0.2, 0.25) is 0 Å². The Morgan fingerprint density at radius 2 is 1.94 bits per heavy atom. The van der Waals surface area contributed by atoms with Gasteiger partial charge in [-0.25, -0.2) is 0 Å². The van der Waals surface area contributed by atoms with Gasteiger partial charge < -0.3 is 15.4 Å². The highest BCUT2D eigenvalue weighted by Crippen LogP contribution is 2.05. The first kappa shape index (κ1) is 12.7. The number of amidine groups is 1. The number of nitrogens with two attached hydrogens (primary N) is 1. The van der Waals surface area contributed by atoms with Gasteiger partial charge in [0.05, 0.1) is 13.2 Å². The van der Waals surface area contributed by atoms with Crippen LogP contribution in [-0.2, 0) is 11.3 Å². The largest absolute Gasteiger partial charge is 0.384 e. The fraction of sp³-hybridized carbons (Fsp3) is 0.417. The van der Waals surface area contributed by atoms with E-state index in [0.717, 1.165) is 24.3 Å².